The van der Waals surface area contributed by atoms with E-state index in [1.165, 1.54) is 11.8 Å². The molecule has 35 heavy (non-hydrogen) atoms. The summed E-state index contributed by atoms with van der Waals surface area (Å²) in [5.74, 6) is 2.32. The Morgan fingerprint density at radius 1 is 0.914 bits per heavy atom. The van der Waals surface area contributed by atoms with Crippen molar-refractivity contribution < 1.29 is 19.0 Å². The third kappa shape index (κ3) is 5.38. The molecule has 4 aromatic rings. The number of aromatic nitrogens is 4. The number of methoxy groups -OCH3 is 3. The van der Waals surface area contributed by atoms with Gasteiger partial charge in [-0.1, -0.05) is 11.8 Å². The van der Waals surface area contributed by atoms with Crippen LogP contribution < -0.4 is 19.5 Å². The number of ether oxygens (including phenoxy) is 3. The summed E-state index contributed by atoms with van der Waals surface area (Å²) in [6.45, 7) is 1.82. The average molecular weight is 492 g/mol. The number of nitrogens with zero attached hydrogens (tertiary/aromatic N) is 4. The molecule has 1 N–H and O–H groups in total. The van der Waals surface area contributed by atoms with Crippen LogP contribution in [0, 0.1) is 0 Å². The number of hydrogen-bond acceptors (Lipinski definition) is 8. The zero-order chi connectivity index (χ0) is 24.8. The Kier molecular flexibility index (Phi) is 7.51. The normalized spacial score (nSPS) is 11.5. The van der Waals surface area contributed by atoms with Crippen molar-refractivity contribution in [2.24, 2.45) is 0 Å². The minimum Gasteiger partial charge on any atom is -0.497 e. The minimum atomic E-state index is -0.463. The van der Waals surface area contributed by atoms with E-state index in [4.69, 9.17) is 14.2 Å². The molecule has 0 aliphatic rings. The Balaban J connectivity index is 1.60. The van der Waals surface area contributed by atoms with Crippen LogP contribution in [0.2, 0.25) is 0 Å². The summed E-state index contributed by atoms with van der Waals surface area (Å²) in [6, 6.07) is 16.5. The fraction of sp³-hybridized carbons (Fsp3) is 0.200. The van der Waals surface area contributed by atoms with Crippen LogP contribution in [0.15, 0.2) is 72.1 Å². The van der Waals surface area contributed by atoms with E-state index < -0.39 is 5.25 Å². The van der Waals surface area contributed by atoms with Gasteiger partial charge in [0.05, 0.1) is 26.6 Å². The van der Waals surface area contributed by atoms with Gasteiger partial charge in [0.2, 0.25) is 5.91 Å². The average Bonchev–Trinajstić information content (AvgIpc) is 3.32. The summed E-state index contributed by atoms with van der Waals surface area (Å²) in [5, 5.41) is 11.9. The van der Waals surface area contributed by atoms with Gasteiger partial charge in [0, 0.05) is 35.4 Å². The van der Waals surface area contributed by atoms with E-state index in [0.29, 0.717) is 28.2 Å². The molecule has 0 saturated heterocycles. The van der Waals surface area contributed by atoms with Gasteiger partial charge in [0.15, 0.2) is 22.5 Å². The quantitative estimate of drug-likeness (QED) is 0.342. The molecule has 0 bridgehead atoms. The van der Waals surface area contributed by atoms with Crippen molar-refractivity contribution in [1.29, 1.82) is 0 Å². The van der Waals surface area contributed by atoms with Gasteiger partial charge in [0.25, 0.3) is 0 Å². The number of thioether (sulfide) groups is 1. The molecule has 9 nitrogen and oxygen atoms in total. The van der Waals surface area contributed by atoms with Crippen molar-refractivity contribution in [2.75, 3.05) is 26.6 Å². The van der Waals surface area contributed by atoms with Gasteiger partial charge in [0.1, 0.15) is 5.75 Å². The van der Waals surface area contributed by atoms with Gasteiger partial charge in [-0.15, -0.1) is 10.2 Å². The number of amides is 1. The first-order valence-corrected chi connectivity index (χ1v) is 11.6. The molecule has 2 aromatic heterocycles. The molecule has 10 heteroatoms. The molecule has 0 fully saturated rings. The third-order valence-corrected chi connectivity index (χ3v) is 6.25. The monoisotopic (exact) mass is 491 g/mol. The highest BCUT2D eigenvalue weighted by molar-refractivity contribution is 8.00. The lowest BCUT2D eigenvalue weighted by Crippen LogP contribution is -2.23. The van der Waals surface area contributed by atoms with Gasteiger partial charge in [-0.3, -0.25) is 14.3 Å². The number of anilines is 1. The SMILES string of the molecule is COc1ccc(-n2c(SC(C)C(=O)Nc3ccc(OC)c(OC)c3)nnc2-c2ccncc2)cc1. The number of rotatable bonds is 9. The molecular weight excluding hydrogens is 466 g/mol. The smallest absolute Gasteiger partial charge is 0.237 e. The number of hydrogen-bond donors (Lipinski definition) is 1. The fourth-order valence-electron chi connectivity index (χ4n) is 3.37. The predicted octanol–water partition coefficient (Wildman–Crippen LogP) is 4.47. The number of carbonyl (C=O) groups excluding carboxylic acids is 1. The lowest BCUT2D eigenvalue weighted by molar-refractivity contribution is -0.115. The van der Waals surface area contributed by atoms with Gasteiger partial charge >= 0.3 is 0 Å². The maximum absolute atomic E-state index is 13.0. The first-order chi connectivity index (χ1) is 17.0. The Morgan fingerprint density at radius 3 is 2.29 bits per heavy atom. The topological polar surface area (TPSA) is 100 Å². The predicted molar refractivity (Wildman–Crippen MR) is 135 cm³/mol. The Labute approximate surface area is 207 Å². The van der Waals surface area contributed by atoms with Crippen LogP contribution in [0.25, 0.3) is 17.1 Å². The number of benzene rings is 2. The maximum atomic E-state index is 13.0. The molecular formula is C25H25N5O4S. The van der Waals surface area contributed by atoms with Crippen molar-refractivity contribution in [3.05, 3.63) is 67.0 Å². The van der Waals surface area contributed by atoms with Crippen LogP contribution in [0.3, 0.4) is 0 Å². The number of carbonyl (C=O) groups is 1. The first-order valence-electron chi connectivity index (χ1n) is 10.7. The number of pyridine rings is 1. The molecule has 2 aromatic carbocycles. The summed E-state index contributed by atoms with van der Waals surface area (Å²) in [7, 11) is 4.73. The van der Waals surface area contributed by atoms with E-state index in [0.717, 1.165) is 17.0 Å². The van der Waals surface area contributed by atoms with E-state index in [1.807, 2.05) is 47.9 Å². The van der Waals surface area contributed by atoms with Gasteiger partial charge in [-0.2, -0.15) is 0 Å². The Morgan fingerprint density at radius 2 is 1.63 bits per heavy atom. The van der Waals surface area contributed by atoms with Crippen molar-refractivity contribution in [2.45, 2.75) is 17.3 Å². The zero-order valence-electron chi connectivity index (χ0n) is 19.8. The molecule has 2 heterocycles. The number of nitrogens with one attached hydrogen (secondary N) is 1. The summed E-state index contributed by atoms with van der Waals surface area (Å²) in [6.07, 6.45) is 3.41. The molecule has 0 radical (unpaired) electrons. The minimum absolute atomic E-state index is 0.183. The fourth-order valence-corrected chi connectivity index (χ4v) is 4.24. The Hall–Kier alpha value is -4.05. The van der Waals surface area contributed by atoms with Crippen LogP contribution >= 0.6 is 11.8 Å². The molecule has 180 valence electrons. The van der Waals surface area contributed by atoms with Crippen molar-refractivity contribution in [3.63, 3.8) is 0 Å². The van der Waals surface area contributed by atoms with Crippen molar-refractivity contribution in [1.82, 2.24) is 19.7 Å². The molecule has 0 aliphatic heterocycles. The highest BCUT2D eigenvalue weighted by Gasteiger charge is 2.22. The van der Waals surface area contributed by atoms with Crippen LogP contribution in [0.5, 0.6) is 17.2 Å². The second-order valence-corrected chi connectivity index (χ2v) is 8.70. The molecule has 1 amide bonds. The standard InChI is InChI=1S/C25H25N5O4S/c1-16(24(31)27-18-5-10-21(33-3)22(15-18)34-4)35-25-29-28-23(17-11-13-26-14-12-17)30(25)19-6-8-20(32-2)9-7-19/h5-16H,1-4H3,(H,27,31). The van der Waals surface area contributed by atoms with Crippen molar-refractivity contribution >= 4 is 23.4 Å². The molecule has 1 unspecified atom stereocenters. The highest BCUT2D eigenvalue weighted by atomic mass is 32.2. The Bertz CT molecular complexity index is 1300. The third-order valence-electron chi connectivity index (χ3n) is 5.20. The highest BCUT2D eigenvalue weighted by Crippen LogP contribution is 2.32. The summed E-state index contributed by atoms with van der Waals surface area (Å²) >= 11 is 1.31. The maximum Gasteiger partial charge on any atom is 0.237 e. The lowest BCUT2D eigenvalue weighted by Gasteiger charge is -2.15. The van der Waals surface area contributed by atoms with Gasteiger partial charge in [-0.25, -0.2) is 0 Å². The zero-order valence-corrected chi connectivity index (χ0v) is 20.6. The van der Waals surface area contributed by atoms with E-state index in [9.17, 15) is 4.79 Å². The molecule has 0 saturated carbocycles. The summed E-state index contributed by atoms with van der Waals surface area (Å²) in [4.78, 5) is 17.1. The van der Waals surface area contributed by atoms with Gasteiger partial charge in [-0.05, 0) is 55.5 Å². The van der Waals surface area contributed by atoms with Gasteiger partial charge < -0.3 is 19.5 Å². The van der Waals surface area contributed by atoms with E-state index in [2.05, 4.69) is 20.5 Å². The van der Waals surface area contributed by atoms with Crippen molar-refractivity contribution in [3.8, 4) is 34.3 Å². The van der Waals surface area contributed by atoms with Crippen LogP contribution in [0.1, 0.15) is 6.92 Å². The van der Waals surface area contributed by atoms with E-state index in [-0.39, 0.29) is 5.91 Å². The molecule has 1 atom stereocenters. The van der Waals surface area contributed by atoms with Crippen LogP contribution in [-0.4, -0.2) is 52.2 Å². The second-order valence-electron chi connectivity index (χ2n) is 7.39. The molecule has 4 rings (SSSR count). The molecule has 0 aliphatic carbocycles. The summed E-state index contributed by atoms with van der Waals surface area (Å²) in [5.41, 5.74) is 2.31. The first kappa shape index (κ1) is 24.1. The largest absolute Gasteiger partial charge is 0.497 e. The lowest BCUT2D eigenvalue weighted by atomic mass is 10.2. The van der Waals surface area contributed by atoms with E-state index >= 15 is 0 Å². The summed E-state index contributed by atoms with van der Waals surface area (Å²) < 4.78 is 17.8. The van der Waals surface area contributed by atoms with E-state index in [1.54, 1.807) is 51.9 Å². The van der Waals surface area contributed by atoms with Crippen LogP contribution in [0.4, 0.5) is 5.69 Å². The molecule has 0 spiro atoms. The second kappa shape index (κ2) is 10.9. The van der Waals surface area contributed by atoms with Crippen LogP contribution in [-0.2, 0) is 4.79 Å².